The third-order valence-corrected chi connectivity index (χ3v) is 8.58. The summed E-state index contributed by atoms with van der Waals surface area (Å²) < 4.78 is 21.9. The van der Waals surface area contributed by atoms with Crippen LogP contribution < -0.4 is 11.4 Å². The van der Waals surface area contributed by atoms with Gasteiger partial charge in [0.05, 0.1) is 17.2 Å². The molecule has 160 valence electrons. The molecule has 1 aromatic rings. The zero-order valence-corrected chi connectivity index (χ0v) is 18.8. The van der Waals surface area contributed by atoms with Crippen LogP contribution in [0.1, 0.15) is 19.1 Å². The molecule has 1 saturated heterocycles. The van der Waals surface area contributed by atoms with Crippen LogP contribution in [0.25, 0.3) is 0 Å². The molecule has 0 radical (unpaired) electrons. The Balaban J connectivity index is 1.95. The highest BCUT2D eigenvalue weighted by molar-refractivity contribution is 9.10. The summed E-state index contributed by atoms with van der Waals surface area (Å²) >= 11 is 3.19. The molecule has 1 aromatic heterocycles. The number of halogens is 1. The first-order valence-corrected chi connectivity index (χ1v) is 13.7. The Morgan fingerprint density at radius 3 is 2.50 bits per heavy atom. The van der Waals surface area contributed by atoms with Crippen molar-refractivity contribution >= 4 is 63.3 Å². The number of nitrogens with zero attached hydrogens (tertiary/aromatic N) is 2. The van der Waals surface area contributed by atoms with Crippen molar-refractivity contribution in [2.45, 2.75) is 25.2 Å². The van der Waals surface area contributed by atoms with Gasteiger partial charge in [-0.25, -0.2) is 13.4 Å². The molecule has 1 aliphatic rings. The second kappa shape index (κ2) is 8.85. The molecule has 1 aliphatic heterocycles. The van der Waals surface area contributed by atoms with Gasteiger partial charge >= 0.3 is 5.69 Å². The van der Waals surface area contributed by atoms with Gasteiger partial charge in [-0.15, -0.1) is 0 Å². The first-order valence-electron chi connectivity index (χ1n) is 7.55. The highest BCUT2D eigenvalue weighted by Crippen LogP contribution is 2.65. The lowest BCUT2D eigenvalue weighted by Gasteiger charge is -2.27. The third kappa shape index (κ3) is 7.21. The molecule has 2 unspecified atom stereocenters. The van der Waals surface area contributed by atoms with Crippen molar-refractivity contribution in [2.75, 3.05) is 12.3 Å². The lowest BCUT2D eigenvalue weighted by Crippen LogP contribution is -2.28. The predicted molar refractivity (Wildman–Crippen MR) is 113 cm³/mol. The van der Waals surface area contributed by atoms with Crippen molar-refractivity contribution in [3.8, 4) is 0 Å². The first kappa shape index (κ1) is 24.0. The Bertz CT molecular complexity index is 933. The van der Waals surface area contributed by atoms with Gasteiger partial charge in [-0.3, -0.25) is 4.57 Å². The Morgan fingerprint density at radius 2 is 1.89 bits per heavy atom. The maximum absolute atomic E-state index is 12.0. The Hall–Kier alpha value is -0.260. The monoisotopic (exact) mass is 523 g/mol. The quantitative estimate of drug-likeness (QED) is 0.305. The van der Waals surface area contributed by atoms with Crippen LogP contribution in [0, 0.1) is 0 Å². The van der Waals surface area contributed by atoms with Gasteiger partial charge in [-0.1, -0.05) is 0 Å². The summed E-state index contributed by atoms with van der Waals surface area (Å²) in [5, 5.41) is 0. The Labute approximate surface area is 169 Å². The molecule has 0 aliphatic carbocycles. The highest BCUT2D eigenvalue weighted by atomic mass is 79.9. The normalized spacial score (nSPS) is 24.6. The van der Waals surface area contributed by atoms with Gasteiger partial charge in [0, 0.05) is 6.20 Å². The van der Waals surface area contributed by atoms with Crippen LogP contribution >= 0.6 is 38.6 Å². The van der Waals surface area contributed by atoms with Crippen LogP contribution in [0.3, 0.4) is 0 Å². The second-order valence-electron chi connectivity index (χ2n) is 5.85. The number of aromatic nitrogens is 2. The lowest BCUT2D eigenvalue weighted by atomic mass is 10.2. The summed E-state index contributed by atoms with van der Waals surface area (Å²) in [5.74, 6) is 0.0638. The van der Waals surface area contributed by atoms with Gasteiger partial charge < -0.3 is 34.6 Å². The van der Waals surface area contributed by atoms with E-state index in [9.17, 15) is 14.6 Å². The van der Waals surface area contributed by atoms with Crippen molar-refractivity contribution in [3.05, 3.63) is 21.2 Å². The van der Waals surface area contributed by atoms with Gasteiger partial charge in [0.25, 0.3) is 22.7 Å². The molecule has 1 fully saturated rings. The molecule has 0 amide bonds. The van der Waals surface area contributed by atoms with Crippen LogP contribution in [0.15, 0.2) is 15.5 Å². The van der Waals surface area contributed by atoms with E-state index in [2.05, 4.69) is 44.1 Å². The number of anilines is 1. The van der Waals surface area contributed by atoms with E-state index in [1.165, 1.54) is 10.8 Å². The van der Waals surface area contributed by atoms with E-state index in [1.54, 1.807) is 0 Å². The fourth-order valence-electron chi connectivity index (χ4n) is 2.32. The van der Waals surface area contributed by atoms with E-state index < -0.39 is 40.7 Å². The van der Waals surface area contributed by atoms with Crippen LogP contribution in [0.4, 0.5) is 5.82 Å². The van der Waals surface area contributed by atoms with E-state index in [0.717, 1.165) is 0 Å². The maximum atomic E-state index is 12.0. The molecule has 2 rings (SSSR count). The molecule has 0 saturated carbocycles. The van der Waals surface area contributed by atoms with Crippen LogP contribution in [0.2, 0.25) is 0 Å². The van der Waals surface area contributed by atoms with Crippen molar-refractivity contribution in [3.63, 3.8) is 0 Å². The molecule has 0 aromatic carbocycles. The molecule has 6 N–H and O–H groups in total. The number of ether oxygens (including phenoxy) is 1. The van der Waals surface area contributed by atoms with Crippen LogP contribution in [-0.2, 0) is 17.9 Å². The minimum Gasteiger partial charge on any atom is -0.383 e. The predicted octanol–water partition coefficient (Wildman–Crippen LogP) is 0.868. The molecule has 0 bridgehead atoms. The zero-order chi connectivity index (χ0) is 21.3. The summed E-state index contributed by atoms with van der Waals surface area (Å²) in [6, 6.07) is 0. The minimum absolute atomic E-state index is 0.0638. The second-order valence-corrected chi connectivity index (χ2v) is 12.2. The number of hydrogen-bond acceptors (Lipinski definition) is 11. The van der Waals surface area contributed by atoms with Crippen LogP contribution in [0.5, 0.6) is 0 Å². The molecular weight excluding hydrogens is 503 g/mol. The van der Waals surface area contributed by atoms with Gasteiger partial charge in [0.1, 0.15) is 12.0 Å². The van der Waals surface area contributed by atoms with Crippen molar-refractivity contribution in [1.29, 1.82) is 0 Å². The fraction of sp³-hybridized carbons (Fsp3) is 0.417. The largest absolute Gasteiger partial charge is 0.383 e. The smallest absolute Gasteiger partial charge is 0.351 e. The number of rotatable bonds is 8. The van der Waals surface area contributed by atoms with Gasteiger partial charge in [0.15, 0.2) is 0 Å². The topological polar surface area (TPSA) is 179 Å². The van der Waals surface area contributed by atoms with Gasteiger partial charge in [0.2, 0.25) is 0 Å². The van der Waals surface area contributed by atoms with E-state index in [0.29, 0.717) is 17.3 Å². The first-order chi connectivity index (χ1) is 12.7. The minimum atomic E-state index is -4.11. The van der Waals surface area contributed by atoms with E-state index in [1.807, 2.05) is 0 Å². The summed E-state index contributed by atoms with van der Waals surface area (Å²) in [6.07, 6.45) is 10.7. The van der Waals surface area contributed by atoms with Crippen LogP contribution in [-0.4, -0.2) is 60.7 Å². The average molecular weight is 524 g/mol. The lowest BCUT2D eigenvalue weighted by molar-refractivity contribution is -0.0217. The van der Waals surface area contributed by atoms with Crippen molar-refractivity contribution in [2.24, 2.45) is 0 Å². The molecule has 4 atom stereocenters. The van der Waals surface area contributed by atoms with Crippen molar-refractivity contribution in [1.82, 2.24) is 9.55 Å². The fourth-order valence-corrected chi connectivity index (χ4v) is 6.83. The SMILES string of the molecule is C=P(O)(O)OP(=C)(O)OP(=C)(O)OC[C@@H]1CC[C@H](n2cc(Br)c(N)nc2=O)O1. The molecular formula is C12H21BrN3O9P3. The third-order valence-electron chi connectivity index (χ3n) is 3.31. The molecule has 12 nitrogen and oxygen atoms in total. The Kier molecular flexibility index (Phi) is 7.59. The average Bonchev–Trinajstić information content (AvgIpc) is 2.94. The molecule has 16 heteroatoms. The van der Waals surface area contributed by atoms with Crippen molar-refractivity contribution < 1.29 is 37.5 Å². The summed E-state index contributed by atoms with van der Waals surface area (Å²) in [6.45, 7) is -0.175. The zero-order valence-electron chi connectivity index (χ0n) is 14.5. The summed E-state index contributed by atoms with van der Waals surface area (Å²) in [4.78, 5) is 53.8. The number of hydrogen-bond donors (Lipinski definition) is 5. The molecule has 0 spiro atoms. The van der Waals surface area contributed by atoms with E-state index in [-0.39, 0.29) is 12.4 Å². The van der Waals surface area contributed by atoms with Gasteiger partial charge in [-0.2, -0.15) is 4.98 Å². The van der Waals surface area contributed by atoms with Gasteiger partial charge in [-0.05, 0) is 47.7 Å². The highest BCUT2D eigenvalue weighted by Gasteiger charge is 2.31. The molecule has 28 heavy (non-hydrogen) atoms. The summed E-state index contributed by atoms with van der Waals surface area (Å²) in [5.41, 5.74) is 4.98. The van der Waals surface area contributed by atoms with E-state index >= 15 is 0 Å². The number of nitrogens with two attached hydrogens (primary N) is 1. The summed E-state index contributed by atoms with van der Waals surface area (Å²) in [7, 11) is -12.1. The number of nitrogen functional groups attached to an aromatic ring is 1. The van der Waals surface area contributed by atoms with E-state index in [4.69, 9.17) is 29.1 Å². The Morgan fingerprint density at radius 1 is 1.25 bits per heavy atom. The standard InChI is InChI=1S/C12H21BrN3O9P3/c1-26(18,19)24-28(3,21)25-27(2,20)22-7-8-4-5-10(23-8)16-6-9(13)11(14)15-12(16)17/h6,8,10,18-21H,1-5,7H2,(H2,14,15,17)/t8-,10+,27?,28?/m0/s1. The molecule has 2 heterocycles. The maximum Gasteiger partial charge on any atom is 0.351 e.